The Morgan fingerprint density at radius 2 is 2.33 bits per heavy atom. The Hall–Kier alpha value is -1.79. The minimum absolute atomic E-state index is 0.240. The van der Waals surface area contributed by atoms with E-state index in [0.29, 0.717) is 16.8 Å². The van der Waals surface area contributed by atoms with Gasteiger partial charge in [0.1, 0.15) is 12.2 Å². The van der Waals surface area contributed by atoms with Crippen molar-refractivity contribution in [1.82, 2.24) is 20.1 Å². The maximum absolute atomic E-state index is 6.19. The van der Waals surface area contributed by atoms with Gasteiger partial charge in [-0.1, -0.05) is 11.6 Å². The molecule has 0 unspecified atom stereocenters. The van der Waals surface area contributed by atoms with E-state index in [-0.39, 0.29) is 6.79 Å². The van der Waals surface area contributed by atoms with Gasteiger partial charge in [0.15, 0.2) is 11.5 Å². The van der Waals surface area contributed by atoms with Gasteiger partial charge >= 0.3 is 0 Å². The van der Waals surface area contributed by atoms with Crippen LogP contribution in [-0.2, 0) is 19.5 Å². The second-order valence-electron chi connectivity index (χ2n) is 5.29. The highest BCUT2D eigenvalue weighted by atomic mass is 35.5. The molecule has 1 atom stereocenters. The second kappa shape index (κ2) is 5.20. The van der Waals surface area contributed by atoms with Crippen LogP contribution in [0.1, 0.15) is 17.8 Å². The van der Waals surface area contributed by atoms with E-state index in [1.54, 1.807) is 6.33 Å². The lowest BCUT2D eigenvalue weighted by Gasteiger charge is -2.23. The van der Waals surface area contributed by atoms with E-state index in [4.69, 9.17) is 21.1 Å². The Bertz CT molecular complexity index is 673. The van der Waals surface area contributed by atoms with Gasteiger partial charge in [0.2, 0.25) is 6.79 Å². The molecule has 0 aliphatic carbocycles. The SMILES string of the molecule is Clc1cc(CN[C@@H]2CCc3ncnn3C2)cc2c1OCO2. The number of halogens is 1. The molecule has 0 saturated carbocycles. The van der Waals surface area contributed by atoms with E-state index in [2.05, 4.69) is 15.4 Å². The lowest BCUT2D eigenvalue weighted by molar-refractivity contribution is 0.174. The molecular weight excluding hydrogens is 292 g/mol. The van der Waals surface area contributed by atoms with E-state index >= 15 is 0 Å². The minimum atomic E-state index is 0.240. The summed E-state index contributed by atoms with van der Waals surface area (Å²) in [5.74, 6) is 2.44. The molecule has 6 nitrogen and oxygen atoms in total. The van der Waals surface area contributed by atoms with Gasteiger partial charge in [-0.05, 0) is 24.1 Å². The Balaban J connectivity index is 1.43. The molecule has 0 saturated heterocycles. The first-order valence-electron chi connectivity index (χ1n) is 6.97. The Morgan fingerprint density at radius 3 is 3.29 bits per heavy atom. The Labute approximate surface area is 127 Å². The fourth-order valence-corrected chi connectivity index (χ4v) is 3.08. The average molecular weight is 307 g/mol. The van der Waals surface area contributed by atoms with Gasteiger partial charge in [0.25, 0.3) is 0 Å². The molecule has 2 aromatic rings. The van der Waals surface area contributed by atoms with E-state index in [1.807, 2.05) is 16.8 Å². The predicted octanol–water partition coefficient (Wildman–Crippen LogP) is 1.76. The highest BCUT2D eigenvalue weighted by Crippen LogP contribution is 2.39. The van der Waals surface area contributed by atoms with Gasteiger partial charge in [-0.2, -0.15) is 5.10 Å². The van der Waals surface area contributed by atoms with Crippen molar-refractivity contribution in [1.29, 1.82) is 0 Å². The van der Waals surface area contributed by atoms with Crippen LogP contribution in [0.25, 0.3) is 0 Å². The maximum atomic E-state index is 6.19. The molecule has 110 valence electrons. The van der Waals surface area contributed by atoms with Crippen molar-refractivity contribution in [2.75, 3.05) is 6.79 Å². The molecule has 4 rings (SSSR count). The van der Waals surface area contributed by atoms with Crippen molar-refractivity contribution in [3.8, 4) is 11.5 Å². The normalized spacial score (nSPS) is 19.6. The molecule has 1 aromatic heterocycles. The number of ether oxygens (including phenoxy) is 2. The first kappa shape index (κ1) is 12.9. The van der Waals surface area contributed by atoms with E-state index in [1.165, 1.54) is 0 Å². The summed E-state index contributed by atoms with van der Waals surface area (Å²) in [7, 11) is 0. The van der Waals surface area contributed by atoms with Gasteiger partial charge in [-0.3, -0.25) is 0 Å². The van der Waals surface area contributed by atoms with Crippen LogP contribution < -0.4 is 14.8 Å². The average Bonchev–Trinajstić information content (AvgIpc) is 3.13. The molecule has 2 aliphatic heterocycles. The molecule has 0 spiro atoms. The van der Waals surface area contributed by atoms with Gasteiger partial charge in [-0.15, -0.1) is 0 Å². The monoisotopic (exact) mass is 306 g/mol. The lowest BCUT2D eigenvalue weighted by atomic mass is 10.1. The van der Waals surface area contributed by atoms with Crippen molar-refractivity contribution in [3.05, 3.63) is 34.9 Å². The van der Waals surface area contributed by atoms with Crippen LogP contribution in [0.5, 0.6) is 11.5 Å². The fourth-order valence-electron chi connectivity index (χ4n) is 2.79. The summed E-state index contributed by atoms with van der Waals surface area (Å²) in [6.45, 7) is 1.84. The van der Waals surface area contributed by atoms with Gasteiger partial charge < -0.3 is 14.8 Å². The van der Waals surface area contributed by atoms with Crippen molar-refractivity contribution in [2.45, 2.75) is 32.0 Å². The number of benzene rings is 1. The molecule has 0 fully saturated rings. The zero-order chi connectivity index (χ0) is 14.2. The summed E-state index contributed by atoms with van der Waals surface area (Å²) in [6, 6.07) is 4.29. The number of hydrogen-bond acceptors (Lipinski definition) is 5. The molecule has 0 amide bonds. The quantitative estimate of drug-likeness (QED) is 0.936. The van der Waals surface area contributed by atoms with Crippen LogP contribution in [0.15, 0.2) is 18.5 Å². The minimum Gasteiger partial charge on any atom is -0.454 e. The molecule has 1 N–H and O–H groups in total. The number of hydrogen-bond donors (Lipinski definition) is 1. The van der Waals surface area contributed by atoms with E-state index < -0.39 is 0 Å². The van der Waals surface area contributed by atoms with Crippen LogP contribution in [0.4, 0.5) is 0 Å². The second-order valence-corrected chi connectivity index (χ2v) is 5.69. The molecule has 2 aliphatic rings. The van der Waals surface area contributed by atoms with Gasteiger partial charge in [-0.25, -0.2) is 9.67 Å². The zero-order valence-corrected chi connectivity index (χ0v) is 12.1. The molecule has 21 heavy (non-hydrogen) atoms. The van der Waals surface area contributed by atoms with Crippen molar-refractivity contribution in [3.63, 3.8) is 0 Å². The molecular formula is C14H15ClN4O2. The van der Waals surface area contributed by atoms with Crippen molar-refractivity contribution < 1.29 is 9.47 Å². The number of rotatable bonds is 3. The lowest BCUT2D eigenvalue weighted by Crippen LogP contribution is -2.37. The fraction of sp³-hybridized carbons (Fsp3) is 0.429. The van der Waals surface area contributed by atoms with Crippen LogP contribution >= 0.6 is 11.6 Å². The molecule has 0 radical (unpaired) electrons. The van der Waals surface area contributed by atoms with E-state index in [9.17, 15) is 0 Å². The predicted molar refractivity (Wildman–Crippen MR) is 76.5 cm³/mol. The summed E-state index contributed by atoms with van der Waals surface area (Å²) >= 11 is 6.19. The first-order valence-corrected chi connectivity index (χ1v) is 7.35. The van der Waals surface area contributed by atoms with Crippen LogP contribution in [0.2, 0.25) is 5.02 Å². The molecule has 0 bridgehead atoms. The third kappa shape index (κ3) is 2.45. The van der Waals surface area contributed by atoms with Gasteiger partial charge in [0.05, 0.1) is 11.6 Å². The third-order valence-corrected chi connectivity index (χ3v) is 4.17. The molecule has 3 heterocycles. The standard InChI is InChI=1S/C14H15ClN4O2/c15-11-3-9(4-12-14(11)21-8-20-12)5-16-10-1-2-13-17-7-18-19(13)6-10/h3-4,7,10,16H,1-2,5-6,8H2/t10-/m1/s1. The summed E-state index contributed by atoms with van der Waals surface area (Å²) in [4.78, 5) is 4.24. The topological polar surface area (TPSA) is 61.2 Å². The maximum Gasteiger partial charge on any atom is 0.231 e. The highest BCUT2D eigenvalue weighted by Gasteiger charge is 2.21. The molecule has 7 heteroatoms. The first-order chi connectivity index (χ1) is 10.3. The van der Waals surface area contributed by atoms with Gasteiger partial charge in [0, 0.05) is 19.0 Å². The summed E-state index contributed by atoms with van der Waals surface area (Å²) in [5.41, 5.74) is 1.09. The van der Waals surface area contributed by atoms with Crippen LogP contribution in [0.3, 0.4) is 0 Å². The zero-order valence-electron chi connectivity index (χ0n) is 11.4. The Kier molecular flexibility index (Phi) is 3.20. The Morgan fingerprint density at radius 1 is 1.38 bits per heavy atom. The molecule has 1 aromatic carbocycles. The number of aryl methyl sites for hydroxylation is 1. The van der Waals surface area contributed by atoms with Crippen LogP contribution in [-0.4, -0.2) is 27.6 Å². The van der Waals surface area contributed by atoms with E-state index in [0.717, 1.165) is 43.1 Å². The van der Waals surface area contributed by atoms with Crippen LogP contribution in [0, 0.1) is 0 Å². The number of nitrogens with one attached hydrogen (secondary N) is 1. The summed E-state index contributed by atoms with van der Waals surface area (Å²) in [6.07, 6.45) is 3.64. The largest absolute Gasteiger partial charge is 0.454 e. The third-order valence-electron chi connectivity index (χ3n) is 3.89. The highest BCUT2D eigenvalue weighted by molar-refractivity contribution is 6.32. The summed E-state index contributed by atoms with van der Waals surface area (Å²) in [5, 5.41) is 8.38. The van der Waals surface area contributed by atoms with Crippen molar-refractivity contribution >= 4 is 11.6 Å². The summed E-state index contributed by atoms with van der Waals surface area (Å²) < 4.78 is 12.7. The number of aromatic nitrogens is 3. The smallest absolute Gasteiger partial charge is 0.231 e. The van der Waals surface area contributed by atoms with Crippen molar-refractivity contribution in [2.24, 2.45) is 0 Å². The number of nitrogens with zero attached hydrogens (tertiary/aromatic N) is 3. The number of fused-ring (bicyclic) bond motifs is 2.